The Labute approximate surface area is 136 Å². The molecule has 5 rings (SSSR count). The lowest BCUT2D eigenvalue weighted by molar-refractivity contribution is 1.10. The van der Waals surface area contributed by atoms with Crippen molar-refractivity contribution >= 4 is 22.1 Å². The van der Waals surface area contributed by atoms with Crippen molar-refractivity contribution in [3.63, 3.8) is 0 Å². The highest BCUT2D eigenvalue weighted by Crippen LogP contribution is 2.26. The Morgan fingerprint density at radius 3 is 1.46 bits per heavy atom. The van der Waals surface area contributed by atoms with Crippen molar-refractivity contribution in [2.45, 2.75) is 0 Å². The lowest BCUT2D eigenvalue weighted by Gasteiger charge is -2.05. The van der Waals surface area contributed by atoms with E-state index in [1.807, 2.05) is 12.4 Å². The van der Waals surface area contributed by atoms with Crippen LogP contribution >= 0.6 is 0 Å². The molecule has 2 N–H and O–H groups in total. The number of hydrogen-bond acceptors (Lipinski definition) is 4. The number of nitrogens with zero attached hydrogens (tertiary/aromatic N) is 4. The van der Waals surface area contributed by atoms with Gasteiger partial charge in [0.25, 0.3) is 0 Å². The third-order valence-electron chi connectivity index (χ3n) is 4.13. The fourth-order valence-electron chi connectivity index (χ4n) is 2.84. The van der Waals surface area contributed by atoms with Crippen LogP contribution in [-0.4, -0.2) is 30.4 Å². The largest absolute Gasteiger partial charge is 0.261 e. The number of H-pyrrole nitrogens is 2. The number of benzene rings is 1. The van der Waals surface area contributed by atoms with Crippen molar-refractivity contribution in [3.05, 3.63) is 61.2 Å². The molecule has 0 aliphatic rings. The highest BCUT2D eigenvalue weighted by molar-refractivity contribution is 5.82. The highest BCUT2D eigenvalue weighted by atomic mass is 15.1. The van der Waals surface area contributed by atoms with Crippen LogP contribution in [0.1, 0.15) is 0 Å². The summed E-state index contributed by atoms with van der Waals surface area (Å²) in [6.07, 6.45) is 7.28. The predicted molar refractivity (Wildman–Crippen MR) is 92.2 cm³/mol. The van der Waals surface area contributed by atoms with E-state index in [1.54, 1.807) is 12.4 Å². The molecule has 0 aliphatic carbocycles. The zero-order chi connectivity index (χ0) is 15.9. The first-order valence-corrected chi connectivity index (χ1v) is 7.56. The van der Waals surface area contributed by atoms with Crippen LogP contribution in [0.25, 0.3) is 44.3 Å². The zero-order valence-electron chi connectivity index (χ0n) is 12.6. The van der Waals surface area contributed by atoms with Crippen molar-refractivity contribution in [2.24, 2.45) is 0 Å². The lowest BCUT2D eigenvalue weighted by Crippen LogP contribution is -1.84. The van der Waals surface area contributed by atoms with Crippen LogP contribution in [0.2, 0.25) is 0 Å². The van der Waals surface area contributed by atoms with Gasteiger partial charge >= 0.3 is 0 Å². The van der Waals surface area contributed by atoms with Crippen LogP contribution < -0.4 is 0 Å². The molecule has 0 saturated heterocycles. The number of rotatable bonds is 2. The number of fused-ring (bicyclic) bond motifs is 2. The number of aromatic amines is 2. The molecule has 0 bridgehead atoms. The fraction of sp³-hybridized carbons (Fsp3) is 0. The van der Waals surface area contributed by atoms with Crippen LogP contribution in [0.5, 0.6) is 0 Å². The monoisotopic (exact) mass is 312 g/mol. The number of hydrogen-bond donors (Lipinski definition) is 2. The summed E-state index contributed by atoms with van der Waals surface area (Å²) >= 11 is 0. The van der Waals surface area contributed by atoms with E-state index in [0.29, 0.717) is 0 Å². The van der Waals surface area contributed by atoms with Crippen molar-refractivity contribution in [1.29, 1.82) is 0 Å². The molecule has 6 heteroatoms. The Bertz CT molecular complexity index is 1060. The molecule has 24 heavy (non-hydrogen) atoms. The van der Waals surface area contributed by atoms with Crippen LogP contribution in [0.3, 0.4) is 0 Å². The van der Waals surface area contributed by atoms with Gasteiger partial charge in [-0.3, -0.25) is 10.2 Å². The molecule has 0 amide bonds. The average molecular weight is 312 g/mol. The summed E-state index contributed by atoms with van der Waals surface area (Å²) < 4.78 is 0. The molecule has 6 nitrogen and oxygen atoms in total. The van der Waals surface area contributed by atoms with Gasteiger partial charge in [0.05, 0.1) is 12.4 Å². The second kappa shape index (κ2) is 4.99. The fourth-order valence-corrected chi connectivity index (χ4v) is 2.84. The maximum atomic E-state index is 4.39. The molecule has 0 unspecified atom stereocenters. The summed E-state index contributed by atoms with van der Waals surface area (Å²) in [4.78, 5) is 8.78. The van der Waals surface area contributed by atoms with E-state index >= 15 is 0 Å². The van der Waals surface area contributed by atoms with Crippen LogP contribution in [0, 0.1) is 0 Å². The maximum Gasteiger partial charge on any atom is 0.155 e. The van der Waals surface area contributed by atoms with Crippen molar-refractivity contribution in [2.75, 3.05) is 0 Å². The van der Waals surface area contributed by atoms with E-state index in [4.69, 9.17) is 0 Å². The van der Waals surface area contributed by atoms with Crippen molar-refractivity contribution < 1.29 is 0 Å². The maximum absolute atomic E-state index is 4.39. The van der Waals surface area contributed by atoms with E-state index in [1.165, 1.54) is 0 Å². The smallest absolute Gasteiger partial charge is 0.155 e. The quantitative estimate of drug-likeness (QED) is 0.522. The summed E-state index contributed by atoms with van der Waals surface area (Å²) in [5.74, 6) is 0. The first kappa shape index (κ1) is 13.0. The van der Waals surface area contributed by atoms with Gasteiger partial charge in [-0.25, -0.2) is 9.97 Å². The van der Waals surface area contributed by atoms with E-state index in [0.717, 1.165) is 44.3 Å². The van der Waals surface area contributed by atoms with Gasteiger partial charge in [0.2, 0.25) is 0 Å². The molecule has 5 aromatic rings. The molecule has 0 fully saturated rings. The standard InChI is InChI=1S/C18H12N6/c1-2-12(14-6-16-10-22-24-18(16)20-8-14)4-3-11(1)13-5-15-9-21-23-17(15)19-7-13/h1-10H,(H,19,21,23)(H,20,22,24). The first-order valence-electron chi connectivity index (χ1n) is 7.56. The van der Waals surface area contributed by atoms with Gasteiger partial charge in [-0.2, -0.15) is 10.2 Å². The zero-order valence-corrected chi connectivity index (χ0v) is 12.6. The second-order valence-electron chi connectivity index (χ2n) is 5.64. The summed E-state index contributed by atoms with van der Waals surface area (Å²) in [6, 6.07) is 12.5. The summed E-state index contributed by atoms with van der Waals surface area (Å²) in [7, 11) is 0. The third-order valence-corrected chi connectivity index (χ3v) is 4.13. The van der Waals surface area contributed by atoms with Crippen LogP contribution in [0.15, 0.2) is 61.2 Å². The molecule has 0 spiro atoms. The van der Waals surface area contributed by atoms with Crippen molar-refractivity contribution in [3.8, 4) is 22.3 Å². The lowest BCUT2D eigenvalue weighted by atomic mass is 10.0. The van der Waals surface area contributed by atoms with Gasteiger partial charge < -0.3 is 0 Å². The number of aromatic nitrogens is 6. The van der Waals surface area contributed by atoms with E-state index < -0.39 is 0 Å². The van der Waals surface area contributed by atoms with Gasteiger partial charge in [0.1, 0.15) is 0 Å². The van der Waals surface area contributed by atoms with Crippen molar-refractivity contribution in [1.82, 2.24) is 30.4 Å². The Morgan fingerprint density at radius 1 is 0.542 bits per heavy atom. The van der Waals surface area contributed by atoms with Gasteiger partial charge in [-0.1, -0.05) is 24.3 Å². The topological polar surface area (TPSA) is 83.1 Å². The normalized spacial score (nSPS) is 11.3. The molecule has 4 heterocycles. The summed E-state index contributed by atoms with van der Waals surface area (Å²) in [5, 5.41) is 15.8. The van der Waals surface area contributed by atoms with Gasteiger partial charge in [0.15, 0.2) is 11.3 Å². The van der Waals surface area contributed by atoms with E-state index in [2.05, 4.69) is 66.8 Å². The molecule has 0 saturated carbocycles. The van der Waals surface area contributed by atoms with E-state index in [-0.39, 0.29) is 0 Å². The molecule has 0 atom stereocenters. The highest BCUT2D eigenvalue weighted by Gasteiger charge is 2.05. The summed E-state index contributed by atoms with van der Waals surface area (Å²) in [6.45, 7) is 0. The Hall–Kier alpha value is -3.54. The Kier molecular flexibility index (Phi) is 2.69. The molecular formula is C18H12N6. The first-order chi connectivity index (χ1) is 11.9. The molecule has 4 aromatic heterocycles. The summed E-state index contributed by atoms with van der Waals surface area (Å²) in [5.41, 5.74) is 5.97. The molecule has 0 radical (unpaired) electrons. The minimum Gasteiger partial charge on any atom is -0.261 e. The minimum absolute atomic E-state index is 0.801. The molecular weight excluding hydrogens is 300 g/mol. The van der Waals surface area contributed by atoms with Gasteiger partial charge in [-0.05, 0) is 23.3 Å². The minimum atomic E-state index is 0.801. The van der Waals surface area contributed by atoms with Crippen LogP contribution in [-0.2, 0) is 0 Å². The molecule has 114 valence electrons. The third kappa shape index (κ3) is 2.04. The van der Waals surface area contributed by atoms with Gasteiger partial charge in [-0.15, -0.1) is 0 Å². The van der Waals surface area contributed by atoms with Crippen LogP contribution in [0.4, 0.5) is 0 Å². The van der Waals surface area contributed by atoms with E-state index in [9.17, 15) is 0 Å². The molecule has 1 aromatic carbocycles. The Balaban J connectivity index is 1.53. The Morgan fingerprint density at radius 2 is 1.00 bits per heavy atom. The average Bonchev–Trinajstić information content (AvgIpc) is 3.29. The number of pyridine rings is 2. The molecule has 0 aliphatic heterocycles. The second-order valence-corrected chi connectivity index (χ2v) is 5.64. The predicted octanol–water partition coefficient (Wildman–Crippen LogP) is 3.56. The van der Waals surface area contributed by atoms with Gasteiger partial charge in [0, 0.05) is 34.3 Å². The SMILES string of the molecule is c1cc(-c2cnc3[nH]ncc3c2)ccc1-c1cnc2[nH]ncc2c1. The number of nitrogens with one attached hydrogen (secondary N) is 2.